The second kappa shape index (κ2) is 8.11. The third kappa shape index (κ3) is 5.62. The van der Waals surface area contributed by atoms with Gasteiger partial charge in [-0.2, -0.15) is 0 Å². The van der Waals surface area contributed by atoms with Crippen LogP contribution in [0.3, 0.4) is 0 Å². The van der Waals surface area contributed by atoms with E-state index in [0.717, 1.165) is 16.3 Å². The third-order valence-electron chi connectivity index (χ3n) is 2.67. The second-order valence-electron chi connectivity index (χ2n) is 4.99. The first-order valence-electron chi connectivity index (χ1n) is 6.98. The van der Waals surface area contributed by atoms with Gasteiger partial charge in [0, 0.05) is 21.7 Å². The summed E-state index contributed by atoms with van der Waals surface area (Å²) in [6.45, 7) is 3.93. The number of amides is 1. The lowest BCUT2D eigenvalue weighted by atomic mass is 10.3. The van der Waals surface area contributed by atoms with E-state index in [-0.39, 0.29) is 12.0 Å². The maximum Gasteiger partial charge on any atom is 0.234 e. The topological polar surface area (TPSA) is 38.3 Å². The van der Waals surface area contributed by atoms with Gasteiger partial charge in [-0.25, -0.2) is 0 Å². The van der Waals surface area contributed by atoms with Crippen LogP contribution < -0.4 is 10.1 Å². The number of ether oxygens (including phenoxy) is 1. The Hall–Kier alpha value is -1.65. The number of hydrogen-bond donors (Lipinski definition) is 1. The van der Waals surface area contributed by atoms with E-state index in [4.69, 9.17) is 16.3 Å². The molecule has 22 heavy (non-hydrogen) atoms. The molecule has 2 aromatic rings. The number of thioether (sulfide) groups is 1. The molecule has 0 aliphatic heterocycles. The van der Waals surface area contributed by atoms with Crippen molar-refractivity contribution in [3.63, 3.8) is 0 Å². The maximum absolute atomic E-state index is 12.0. The minimum atomic E-state index is -0.0540. The van der Waals surface area contributed by atoms with Gasteiger partial charge in [0.05, 0.1) is 11.9 Å². The summed E-state index contributed by atoms with van der Waals surface area (Å²) >= 11 is 7.30. The molecule has 0 unspecified atom stereocenters. The van der Waals surface area contributed by atoms with Crippen molar-refractivity contribution in [3.8, 4) is 5.75 Å². The van der Waals surface area contributed by atoms with Gasteiger partial charge in [0.15, 0.2) is 0 Å². The zero-order valence-corrected chi connectivity index (χ0v) is 14.1. The highest BCUT2D eigenvalue weighted by Crippen LogP contribution is 2.22. The molecule has 3 nitrogen and oxygen atoms in total. The predicted octanol–water partition coefficient (Wildman–Crippen LogP) is 4.86. The van der Waals surface area contributed by atoms with Gasteiger partial charge in [-0.15, -0.1) is 11.8 Å². The normalized spacial score (nSPS) is 10.5. The Morgan fingerprint density at radius 1 is 1.23 bits per heavy atom. The highest BCUT2D eigenvalue weighted by Gasteiger charge is 2.05. The number of benzene rings is 2. The largest absolute Gasteiger partial charge is 0.491 e. The van der Waals surface area contributed by atoms with Crippen LogP contribution in [0.15, 0.2) is 53.4 Å². The van der Waals surface area contributed by atoms with Crippen LogP contribution in [0.4, 0.5) is 5.69 Å². The van der Waals surface area contributed by atoms with Crippen molar-refractivity contribution in [1.82, 2.24) is 0 Å². The SMILES string of the molecule is CC(C)Oc1cccc(NC(=O)CSc2ccc(Cl)cc2)c1. The highest BCUT2D eigenvalue weighted by atomic mass is 35.5. The zero-order chi connectivity index (χ0) is 15.9. The molecule has 0 fully saturated rings. The van der Waals surface area contributed by atoms with Gasteiger partial charge in [0.25, 0.3) is 0 Å². The lowest BCUT2D eigenvalue weighted by Crippen LogP contribution is -2.14. The van der Waals surface area contributed by atoms with Crippen molar-refractivity contribution in [2.24, 2.45) is 0 Å². The zero-order valence-electron chi connectivity index (χ0n) is 12.5. The van der Waals surface area contributed by atoms with Crippen LogP contribution in [-0.2, 0) is 4.79 Å². The number of carbonyl (C=O) groups is 1. The summed E-state index contributed by atoms with van der Waals surface area (Å²) in [7, 11) is 0. The molecule has 0 aliphatic carbocycles. The average Bonchev–Trinajstić information content (AvgIpc) is 2.46. The molecular weight excluding hydrogens is 318 g/mol. The molecule has 2 aromatic carbocycles. The molecule has 0 spiro atoms. The van der Waals surface area contributed by atoms with Crippen molar-refractivity contribution < 1.29 is 9.53 Å². The van der Waals surface area contributed by atoms with Gasteiger partial charge in [-0.1, -0.05) is 17.7 Å². The van der Waals surface area contributed by atoms with Crippen LogP contribution in [-0.4, -0.2) is 17.8 Å². The van der Waals surface area contributed by atoms with E-state index in [9.17, 15) is 4.79 Å². The number of rotatable bonds is 6. The van der Waals surface area contributed by atoms with Gasteiger partial charge in [-0.3, -0.25) is 4.79 Å². The van der Waals surface area contributed by atoms with E-state index in [0.29, 0.717) is 10.8 Å². The predicted molar refractivity (Wildman–Crippen MR) is 93.0 cm³/mol. The maximum atomic E-state index is 12.0. The standard InChI is InChI=1S/C17H18ClNO2S/c1-12(2)21-15-5-3-4-14(10-15)19-17(20)11-22-16-8-6-13(18)7-9-16/h3-10,12H,11H2,1-2H3,(H,19,20). The van der Waals surface area contributed by atoms with E-state index in [2.05, 4.69) is 5.32 Å². The van der Waals surface area contributed by atoms with Crippen molar-refractivity contribution in [2.75, 3.05) is 11.1 Å². The first-order chi connectivity index (χ1) is 10.5. The summed E-state index contributed by atoms with van der Waals surface area (Å²) in [5.74, 6) is 1.04. The molecule has 0 bridgehead atoms. The molecule has 5 heteroatoms. The van der Waals surface area contributed by atoms with Crippen LogP contribution in [0.25, 0.3) is 0 Å². The summed E-state index contributed by atoms with van der Waals surface area (Å²) in [6, 6.07) is 14.8. The number of hydrogen-bond acceptors (Lipinski definition) is 3. The molecule has 116 valence electrons. The molecule has 0 atom stereocenters. The van der Waals surface area contributed by atoms with E-state index >= 15 is 0 Å². The smallest absolute Gasteiger partial charge is 0.234 e. The summed E-state index contributed by atoms with van der Waals surface area (Å²) in [6.07, 6.45) is 0.103. The van der Waals surface area contributed by atoms with Crippen LogP contribution in [0.5, 0.6) is 5.75 Å². The Kier molecular flexibility index (Phi) is 6.16. The Morgan fingerprint density at radius 3 is 2.64 bits per heavy atom. The average molecular weight is 336 g/mol. The molecule has 0 saturated heterocycles. The van der Waals surface area contributed by atoms with Crippen molar-refractivity contribution in [1.29, 1.82) is 0 Å². The summed E-state index contributed by atoms with van der Waals surface area (Å²) in [5, 5.41) is 3.56. The second-order valence-corrected chi connectivity index (χ2v) is 6.47. The number of nitrogens with one attached hydrogen (secondary N) is 1. The first-order valence-corrected chi connectivity index (χ1v) is 8.34. The molecule has 0 aromatic heterocycles. The Morgan fingerprint density at radius 2 is 1.95 bits per heavy atom. The summed E-state index contributed by atoms with van der Waals surface area (Å²) in [5.41, 5.74) is 0.736. The van der Waals surface area contributed by atoms with Gasteiger partial charge in [0.1, 0.15) is 5.75 Å². The number of carbonyl (C=O) groups excluding carboxylic acids is 1. The van der Waals surface area contributed by atoms with Crippen LogP contribution >= 0.6 is 23.4 Å². The van der Waals surface area contributed by atoms with E-state index in [1.165, 1.54) is 11.8 Å². The Balaban J connectivity index is 1.87. The van der Waals surface area contributed by atoms with E-state index < -0.39 is 0 Å². The quantitative estimate of drug-likeness (QED) is 0.766. The fourth-order valence-electron chi connectivity index (χ4n) is 1.80. The summed E-state index contributed by atoms with van der Waals surface area (Å²) < 4.78 is 5.61. The van der Waals surface area contributed by atoms with Crippen LogP contribution in [0, 0.1) is 0 Å². The molecule has 0 aliphatic rings. The molecule has 0 heterocycles. The van der Waals surface area contributed by atoms with Gasteiger partial charge in [0.2, 0.25) is 5.91 Å². The number of halogens is 1. The lowest BCUT2D eigenvalue weighted by molar-refractivity contribution is -0.113. The fourth-order valence-corrected chi connectivity index (χ4v) is 2.62. The molecule has 1 amide bonds. The molecular formula is C17H18ClNO2S. The molecule has 1 N–H and O–H groups in total. The van der Waals surface area contributed by atoms with Crippen molar-refractivity contribution >= 4 is 35.0 Å². The monoisotopic (exact) mass is 335 g/mol. The van der Waals surface area contributed by atoms with E-state index in [1.807, 2.05) is 62.4 Å². The first kappa shape index (κ1) is 16.7. The minimum Gasteiger partial charge on any atom is -0.491 e. The van der Waals surface area contributed by atoms with Gasteiger partial charge < -0.3 is 10.1 Å². The number of anilines is 1. The lowest BCUT2D eigenvalue weighted by Gasteiger charge is -2.11. The van der Waals surface area contributed by atoms with Gasteiger partial charge >= 0.3 is 0 Å². The highest BCUT2D eigenvalue weighted by molar-refractivity contribution is 8.00. The third-order valence-corrected chi connectivity index (χ3v) is 3.94. The van der Waals surface area contributed by atoms with Crippen LogP contribution in [0.2, 0.25) is 5.02 Å². The summed E-state index contributed by atoms with van der Waals surface area (Å²) in [4.78, 5) is 13.0. The fraction of sp³-hybridized carbons (Fsp3) is 0.235. The molecule has 0 radical (unpaired) electrons. The van der Waals surface area contributed by atoms with Crippen molar-refractivity contribution in [3.05, 3.63) is 53.6 Å². The molecule has 0 saturated carbocycles. The minimum absolute atomic E-state index is 0.0540. The molecule has 2 rings (SSSR count). The Labute approximate surface area is 140 Å². The van der Waals surface area contributed by atoms with Crippen LogP contribution in [0.1, 0.15) is 13.8 Å². The van der Waals surface area contributed by atoms with E-state index in [1.54, 1.807) is 0 Å². The van der Waals surface area contributed by atoms with Crippen molar-refractivity contribution in [2.45, 2.75) is 24.8 Å². The Bertz CT molecular complexity index is 629. The van der Waals surface area contributed by atoms with Gasteiger partial charge in [-0.05, 0) is 50.2 Å².